The molecule has 2 aliphatic heterocycles. The number of hydrogen-bond donors (Lipinski definition) is 1. The fraction of sp³-hybridized carbons (Fsp3) is 0.364. The summed E-state index contributed by atoms with van der Waals surface area (Å²) in [7, 11) is 3.10. The van der Waals surface area contributed by atoms with E-state index in [0.29, 0.717) is 18.1 Å². The van der Waals surface area contributed by atoms with Crippen LogP contribution in [0.4, 0.5) is 0 Å². The number of methoxy groups -OCH3 is 2. The van der Waals surface area contributed by atoms with Gasteiger partial charge in [-0.3, -0.25) is 0 Å². The summed E-state index contributed by atoms with van der Waals surface area (Å²) in [5.41, 5.74) is 2.84. The van der Waals surface area contributed by atoms with Crippen LogP contribution in [0.5, 0.6) is 28.7 Å². The van der Waals surface area contributed by atoms with Gasteiger partial charge in [0.15, 0.2) is 11.5 Å². The quantitative estimate of drug-likeness (QED) is 0.875. The third-order valence-corrected chi connectivity index (χ3v) is 5.11. The molecular weight excluding hydrogens is 344 g/mol. The molecule has 0 unspecified atom stereocenters. The van der Waals surface area contributed by atoms with Gasteiger partial charge in [-0.05, 0) is 44.0 Å². The Morgan fingerprint density at radius 3 is 2.59 bits per heavy atom. The van der Waals surface area contributed by atoms with Crippen molar-refractivity contribution < 1.29 is 24.1 Å². The molecule has 142 valence electrons. The number of phenols is 1. The monoisotopic (exact) mass is 368 g/mol. The second-order valence-corrected chi connectivity index (χ2v) is 7.49. The molecule has 5 nitrogen and oxygen atoms in total. The normalized spacial score (nSPS) is 19.3. The number of aromatic hydroxyl groups is 1. The molecule has 2 heterocycles. The Kier molecular flexibility index (Phi) is 4.17. The summed E-state index contributed by atoms with van der Waals surface area (Å²) in [6.07, 6.45) is 4.98. The number of benzene rings is 2. The SMILES string of the molecule is COc1c(O)ccc([C@H]2COc3cc4c(cc3C2)C=CC(C)(C)O4)c1OC. The summed E-state index contributed by atoms with van der Waals surface area (Å²) in [5.74, 6) is 2.78. The van der Waals surface area contributed by atoms with Crippen LogP contribution in [-0.2, 0) is 6.42 Å². The average molecular weight is 368 g/mol. The maximum absolute atomic E-state index is 10.0. The van der Waals surface area contributed by atoms with Crippen LogP contribution in [0, 0.1) is 0 Å². The van der Waals surface area contributed by atoms with Crippen LogP contribution in [0.25, 0.3) is 6.08 Å². The van der Waals surface area contributed by atoms with Crippen LogP contribution in [0.3, 0.4) is 0 Å². The van der Waals surface area contributed by atoms with E-state index in [4.69, 9.17) is 18.9 Å². The van der Waals surface area contributed by atoms with Gasteiger partial charge in [-0.15, -0.1) is 0 Å². The maximum atomic E-state index is 10.0. The maximum Gasteiger partial charge on any atom is 0.203 e. The third kappa shape index (κ3) is 3.07. The molecule has 2 aromatic carbocycles. The van der Waals surface area contributed by atoms with Gasteiger partial charge in [-0.25, -0.2) is 0 Å². The van der Waals surface area contributed by atoms with Crippen LogP contribution in [-0.4, -0.2) is 31.5 Å². The number of rotatable bonds is 3. The molecule has 0 radical (unpaired) electrons. The van der Waals surface area contributed by atoms with Crippen LogP contribution >= 0.6 is 0 Å². The van der Waals surface area contributed by atoms with Crippen molar-refractivity contribution in [2.45, 2.75) is 31.8 Å². The molecule has 4 rings (SSSR count). The van der Waals surface area contributed by atoms with Crippen LogP contribution in [0.15, 0.2) is 30.3 Å². The minimum Gasteiger partial charge on any atom is -0.504 e. The smallest absolute Gasteiger partial charge is 0.203 e. The van der Waals surface area contributed by atoms with Crippen molar-refractivity contribution in [3.8, 4) is 28.7 Å². The lowest BCUT2D eigenvalue weighted by Crippen LogP contribution is -2.28. The van der Waals surface area contributed by atoms with Gasteiger partial charge in [0.1, 0.15) is 17.1 Å². The number of hydrogen-bond acceptors (Lipinski definition) is 5. The topological polar surface area (TPSA) is 57.2 Å². The summed E-state index contributed by atoms with van der Waals surface area (Å²) in [6.45, 7) is 4.59. The first-order valence-electron chi connectivity index (χ1n) is 9.03. The second kappa shape index (κ2) is 6.41. The van der Waals surface area contributed by atoms with Gasteiger partial charge in [0.05, 0.1) is 20.8 Å². The van der Waals surface area contributed by atoms with Gasteiger partial charge in [-0.1, -0.05) is 12.1 Å². The van der Waals surface area contributed by atoms with E-state index in [1.165, 1.54) is 7.11 Å². The molecule has 2 aliphatic rings. The summed E-state index contributed by atoms with van der Waals surface area (Å²) in [6, 6.07) is 7.63. The minimum absolute atomic E-state index is 0.0641. The first-order chi connectivity index (χ1) is 12.9. The molecule has 1 N–H and O–H groups in total. The Hall–Kier alpha value is -2.82. The highest BCUT2D eigenvalue weighted by molar-refractivity contribution is 5.65. The molecule has 1 atom stereocenters. The van der Waals surface area contributed by atoms with Crippen molar-refractivity contribution in [3.05, 3.63) is 47.0 Å². The highest BCUT2D eigenvalue weighted by atomic mass is 16.5. The molecule has 0 spiro atoms. The van der Waals surface area contributed by atoms with Crippen molar-refractivity contribution in [3.63, 3.8) is 0 Å². The van der Waals surface area contributed by atoms with Gasteiger partial charge in [0.25, 0.3) is 0 Å². The zero-order chi connectivity index (χ0) is 19.2. The molecule has 2 aromatic rings. The molecule has 0 saturated heterocycles. The molecule has 0 amide bonds. The molecule has 5 heteroatoms. The van der Waals surface area contributed by atoms with Gasteiger partial charge >= 0.3 is 0 Å². The van der Waals surface area contributed by atoms with E-state index < -0.39 is 0 Å². The van der Waals surface area contributed by atoms with Crippen LogP contribution in [0.1, 0.15) is 36.5 Å². The Morgan fingerprint density at radius 1 is 1.07 bits per heavy atom. The van der Waals surface area contributed by atoms with E-state index in [1.807, 2.05) is 26.0 Å². The van der Waals surface area contributed by atoms with Crippen molar-refractivity contribution in [2.24, 2.45) is 0 Å². The van der Waals surface area contributed by atoms with E-state index >= 15 is 0 Å². The molecule has 27 heavy (non-hydrogen) atoms. The molecule has 0 aliphatic carbocycles. The number of ether oxygens (including phenoxy) is 4. The first kappa shape index (κ1) is 17.6. The van der Waals surface area contributed by atoms with E-state index in [0.717, 1.165) is 34.6 Å². The number of phenolic OH excluding ortho intramolecular Hbond substituents is 1. The average Bonchev–Trinajstić information content (AvgIpc) is 2.65. The van der Waals surface area contributed by atoms with E-state index in [1.54, 1.807) is 13.2 Å². The molecule has 0 saturated carbocycles. The summed E-state index contributed by atoms with van der Waals surface area (Å²) < 4.78 is 23.0. The number of fused-ring (bicyclic) bond motifs is 2. The summed E-state index contributed by atoms with van der Waals surface area (Å²) in [5, 5.41) is 10.0. The second-order valence-electron chi connectivity index (χ2n) is 7.49. The van der Waals surface area contributed by atoms with E-state index in [9.17, 15) is 5.11 Å². The molecular formula is C22H24O5. The fourth-order valence-corrected chi connectivity index (χ4v) is 3.76. The Morgan fingerprint density at radius 2 is 1.85 bits per heavy atom. The zero-order valence-corrected chi connectivity index (χ0v) is 16.0. The van der Waals surface area contributed by atoms with Gasteiger partial charge < -0.3 is 24.1 Å². The predicted octanol–water partition coefficient (Wildman–Crippen LogP) is 4.31. The van der Waals surface area contributed by atoms with Gasteiger partial charge in [0.2, 0.25) is 5.75 Å². The lowest BCUT2D eigenvalue weighted by molar-refractivity contribution is 0.157. The van der Waals surface area contributed by atoms with Crippen molar-refractivity contribution >= 4 is 6.08 Å². The molecule has 0 bridgehead atoms. The van der Waals surface area contributed by atoms with Gasteiger partial charge in [-0.2, -0.15) is 0 Å². The van der Waals surface area contributed by atoms with Crippen molar-refractivity contribution in [1.82, 2.24) is 0 Å². The molecule has 0 aromatic heterocycles. The van der Waals surface area contributed by atoms with E-state index in [2.05, 4.69) is 18.2 Å². The first-order valence-corrected chi connectivity index (χ1v) is 9.03. The molecule has 0 fully saturated rings. The fourth-order valence-electron chi connectivity index (χ4n) is 3.76. The lowest BCUT2D eigenvalue weighted by Gasteiger charge is -2.31. The minimum atomic E-state index is -0.311. The highest BCUT2D eigenvalue weighted by Gasteiger charge is 2.29. The predicted molar refractivity (Wildman–Crippen MR) is 103 cm³/mol. The van der Waals surface area contributed by atoms with Crippen LogP contribution < -0.4 is 18.9 Å². The highest BCUT2D eigenvalue weighted by Crippen LogP contribution is 2.46. The Labute approximate surface area is 159 Å². The largest absolute Gasteiger partial charge is 0.504 e. The standard InChI is InChI=1S/C22H24O5/c1-22(2)8-7-13-9-14-10-15(12-26-18(14)11-19(13)27-22)16-5-6-17(23)21(25-4)20(16)24-3/h5-9,11,15,23H,10,12H2,1-4H3/t15-/m1/s1. The van der Waals surface area contributed by atoms with Crippen molar-refractivity contribution in [1.29, 1.82) is 0 Å². The summed E-state index contributed by atoms with van der Waals surface area (Å²) >= 11 is 0. The Bertz CT molecular complexity index is 913. The van der Waals surface area contributed by atoms with Crippen molar-refractivity contribution in [2.75, 3.05) is 20.8 Å². The van der Waals surface area contributed by atoms with Crippen LogP contribution in [0.2, 0.25) is 0 Å². The van der Waals surface area contributed by atoms with Gasteiger partial charge in [0, 0.05) is 23.1 Å². The lowest BCUT2D eigenvalue weighted by atomic mass is 9.88. The Balaban J connectivity index is 1.69. The third-order valence-electron chi connectivity index (χ3n) is 5.11. The van der Waals surface area contributed by atoms with E-state index in [-0.39, 0.29) is 17.3 Å². The zero-order valence-electron chi connectivity index (χ0n) is 16.0. The summed E-state index contributed by atoms with van der Waals surface area (Å²) in [4.78, 5) is 0.